The summed E-state index contributed by atoms with van der Waals surface area (Å²) in [4.78, 5) is 49.6. The Kier molecular flexibility index (Phi) is 10.3. The fraction of sp³-hybridized carbons (Fsp3) is 0.385. The first kappa shape index (κ1) is 28.2. The van der Waals surface area contributed by atoms with E-state index >= 15 is 0 Å². The van der Waals surface area contributed by atoms with Gasteiger partial charge in [0.1, 0.15) is 36.6 Å². The van der Waals surface area contributed by atoms with Crippen LogP contribution in [-0.4, -0.2) is 53.2 Å². The molecule has 2 atom stereocenters. The van der Waals surface area contributed by atoms with Crippen LogP contribution in [0.5, 0.6) is 5.75 Å². The summed E-state index contributed by atoms with van der Waals surface area (Å²) in [5, 5.41) is 17.0. The summed E-state index contributed by atoms with van der Waals surface area (Å²) in [6.07, 6.45) is -0.703. The van der Waals surface area contributed by atoms with Gasteiger partial charge in [0.25, 0.3) is 0 Å². The van der Waals surface area contributed by atoms with Crippen LogP contribution in [0.15, 0.2) is 54.6 Å². The Morgan fingerprint density at radius 2 is 1.53 bits per heavy atom. The Labute approximate surface area is 210 Å². The zero-order valence-corrected chi connectivity index (χ0v) is 20.9. The second-order valence-corrected chi connectivity index (χ2v) is 9.16. The average Bonchev–Trinajstić information content (AvgIpc) is 2.81. The largest absolute Gasteiger partial charge is 0.508 e. The van der Waals surface area contributed by atoms with Crippen LogP contribution in [0.3, 0.4) is 0 Å². The molecular formula is C26H33N3O7. The number of hydrogen-bond acceptors (Lipinski definition) is 7. The molecule has 194 valence electrons. The van der Waals surface area contributed by atoms with E-state index in [-0.39, 0.29) is 25.3 Å². The van der Waals surface area contributed by atoms with Crippen molar-refractivity contribution in [2.24, 2.45) is 0 Å². The first-order valence-corrected chi connectivity index (χ1v) is 11.5. The molecule has 0 saturated heterocycles. The van der Waals surface area contributed by atoms with Crippen molar-refractivity contribution in [1.82, 2.24) is 16.0 Å². The second kappa shape index (κ2) is 13.1. The summed E-state index contributed by atoms with van der Waals surface area (Å²) in [5.41, 5.74) is 0.712. The van der Waals surface area contributed by atoms with Crippen molar-refractivity contribution < 1.29 is 33.8 Å². The molecule has 0 fully saturated rings. The fourth-order valence-electron chi connectivity index (χ4n) is 3.01. The summed E-state index contributed by atoms with van der Waals surface area (Å²) in [6.45, 7) is 6.25. The monoisotopic (exact) mass is 499 g/mol. The number of rotatable bonds is 10. The van der Waals surface area contributed by atoms with Crippen LogP contribution in [0.1, 0.15) is 38.8 Å². The molecule has 0 aliphatic heterocycles. The number of phenolic OH excluding ortho intramolecular Hbond substituents is 1. The Hall–Kier alpha value is -4.08. The molecule has 0 aliphatic carbocycles. The van der Waals surface area contributed by atoms with Crippen LogP contribution in [0, 0.1) is 0 Å². The number of aromatic hydroxyl groups is 1. The SMILES string of the molecule is CC(NC(=O)C(Cc1ccc(O)cc1)NC(=O)OC(C)(C)C)C(=O)NCC(=O)OCc1ccccc1. The van der Waals surface area contributed by atoms with Gasteiger partial charge in [-0.3, -0.25) is 14.4 Å². The standard InChI is InChI=1S/C26H33N3O7/c1-17(23(32)27-15-22(31)35-16-19-8-6-5-7-9-19)28-24(33)21(29-25(34)36-26(2,3)4)14-18-10-12-20(30)13-11-18/h5-13,17,21,30H,14-16H2,1-4H3,(H,27,32)(H,28,33)(H,29,34). The molecule has 4 N–H and O–H groups in total. The van der Waals surface area contributed by atoms with E-state index in [0.717, 1.165) is 5.56 Å². The maximum Gasteiger partial charge on any atom is 0.408 e. The van der Waals surface area contributed by atoms with Gasteiger partial charge in [0.2, 0.25) is 11.8 Å². The van der Waals surface area contributed by atoms with Crippen LogP contribution in [0.25, 0.3) is 0 Å². The molecule has 2 aromatic rings. The number of phenols is 1. The lowest BCUT2D eigenvalue weighted by Crippen LogP contribution is -2.54. The number of benzene rings is 2. The van der Waals surface area contributed by atoms with Crippen LogP contribution in [-0.2, 0) is 36.9 Å². The van der Waals surface area contributed by atoms with Crippen molar-refractivity contribution >= 4 is 23.9 Å². The number of ether oxygens (including phenoxy) is 2. The quantitative estimate of drug-likeness (QED) is 0.367. The van der Waals surface area contributed by atoms with Crippen molar-refractivity contribution in [1.29, 1.82) is 0 Å². The first-order chi connectivity index (χ1) is 16.9. The van der Waals surface area contributed by atoms with Gasteiger partial charge in [-0.25, -0.2) is 4.79 Å². The molecule has 0 aliphatic rings. The van der Waals surface area contributed by atoms with Crippen LogP contribution in [0.2, 0.25) is 0 Å². The third-order valence-corrected chi connectivity index (χ3v) is 4.79. The lowest BCUT2D eigenvalue weighted by atomic mass is 10.0. The molecule has 36 heavy (non-hydrogen) atoms. The maximum absolute atomic E-state index is 12.9. The molecule has 10 nitrogen and oxygen atoms in total. The lowest BCUT2D eigenvalue weighted by Gasteiger charge is -2.24. The highest BCUT2D eigenvalue weighted by atomic mass is 16.6. The van der Waals surface area contributed by atoms with E-state index in [4.69, 9.17) is 9.47 Å². The number of esters is 1. The summed E-state index contributed by atoms with van der Waals surface area (Å²) < 4.78 is 10.4. The van der Waals surface area contributed by atoms with Crippen LogP contribution >= 0.6 is 0 Å². The summed E-state index contributed by atoms with van der Waals surface area (Å²) >= 11 is 0. The predicted molar refractivity (Wildman–Crippen MR) is 132 cm³/mol. The van der Waals surface area contributed by atoms with Crippen molar-refractivity contribution in [3.63, 3.8) is 0 Å². The van der Waals surface area contributed by atoms with Crippen molar-refractivity contribution in [3.05, 3.63) is 65.7 Å². The molecule has 0 heterocycles. The van der Waals surface area contributed by atoms with Gasteiger partial charge in [-0.1, -0.05) is 42.5 Å². The molecule has 0 radical (unpaired) electrons. The minimum absolute atomic E-state index is 0.0624. The van der Waals surface area contributed by atoms with E-state index in [0.29, 0.717) is 5.56 Å². The minimum atomic E-state index is -1.06. The van der Waals surface area contributed by atoms with Crippen molar-refractivity contribution in [2.45, 2.75) is 58.4 Å². The lowest BCUT2D eigenvalue weighted by molar-refractivity contribution is -0.145. The van der Waals surface area contributed by atoms with Crippen LogP contribution < -0.4 is 16.0 Å². The molecule has 0 spiro atoms. The minimum Gasteiger partial charge on any atom is -0.508 e. The van der Waals surface area contributed by atoms with E-state index in [9.17, 15) is 24.3 Å². The Balaban J connectivity index is 1.92. The fourth-order valence-corrected chi connectivity index (χ4v) is 3.01. The van der Waals surface area contributed by atoms with Gasteiger partial charge in [-0.15, -0.1) is 0 Å². The van der Waals surface area contributed by atoms with Gasteiger partial charge in [0, 0.05) is 6.42 Å². The molecule has 2 aromatic carbocycles. The Morgan fingerprint density at radius 1 is 0.889 bits per heavy atom. The zero-order chi connectivity index (χ0) is 26.7. The molecule has 2 rings (SSSR count). The van der Waals surface area contributed by atoms with Gasteiger partial charge < -0.3 is 30.5 Å². The third-order valence-electron chi connectivity index (χ3n) is 4.79. The number of carbonyl (C=O) groups excluding carboxylic acids is 4. The molecule has 2 unspecified atom stereocenters. The van der Waals surface area contributed by atoms with Gasteiger partial charge in [0.05, 0.1) is 0 Å². The Morgan fingerprint density at radius 3 is 2.14 bits per heavy atom. The summed E-state index contributed by atoms with van der Waals surface area (Å²) in [7, 11) is 0. The molecule has 3 amide bonds. The summed E-state index contributed by atoms with van der Waals surface area (Å²) in [6, 6.07) is 13.2. The molecule has 10 heteroatoms. The van der Waals surface area contributed by atoms with E-state index < -0.39 is 41.6 Å². The van der Waals surface area contributed by atoms with Gasteiger partial charge in [-0.05, 0) is 51.0 Å². The second-order valence-electron chi connectivity index (χ2n) is 9.16. The first-order valence-electron chi connectivity index (χ1n) is 11.5. The summed E-state index contributed by atoms with van der Waals surface area (Å²) in [5.74, 6) is -1.78. The smallest absolute Gasteiger partial charge is 0.408 e. The molecule has 0 saturated carbocycles. The topological polar surface area (TPSA) is 143 Å². The van der Waals surface area contributed by atoms with E-state index in [1.807, 2.05) is 30.3 Å². The van der Waals surface area contributed by atoms with Crippen LogP contribution in [0.4, 0.5) is 4.79 Å². The van der Waals surface area contributed by atoms with E-state index in [2.05, 4.69) is 16.0 Å². The van der Waals surface area contributed by atoms with E-state index in [1.165, 1.54) is 19.1 Å². The number of carbonyl (C=O) groups is 4. The van der Waals surface area contributed by atoms with E-state index in [1.54, 1.807) is 32.9 Å². The number of alkyl carbamates (subject to hydrolysis) is 1. The normalized spacial score (nSPS) is 12.6. The molecule has 0 aromatic heterocycles. The Bertz CT molecular complexity index is 1030. The van der Waals surface area contributed by atoms with Gasteiger partial charge in [-0.2, -0.15) is 0 Å². The average molecular weight is 500 g/mol. The van der Waals surface area contributed by atoms with Gasteiger partial charge >= 0.3 is 12.1 Å². The third kappa shape index (κ3) is 10.5. The highest BCUT2D eigenvalue weighted by Crippen LogP contribution is 2.13. The highest BCUT2D eigenvalue weighted by molar-refractivity contribution is 5.92. The van der Waals surface area contributed by atoms with Crippen molar-refractivity contribution in [2.75, 3.05) is 6.54 Å². The highest BCUT2D eigenvalue weighted by Gasteiger charge is 2.27. The zero-order valence-electron chi connectivity index (χ0n) is 20.9. The number of hydrogen-bond donors (Lipinski definition) is 4. The maximum atomic E-state index is 12.9. The van der Waals surface area contributed by atoms with Gasteiger partial charge in [0.15, 0.2) is 0 Å². The predicted octanol–water partition coefficient (Wildman–Crippen LogP) is 2.19. The molecular weight excluding hydrogens is 466 g/mol. The molecule has 0 bridgehead atoms. The number of amides is 3. The number of nitrogens with one attached hydrogen (secondary N) is 3. The van der Waals surface area contributed by atoms with Crippen molar-refractivity contribution in [3.8, 4) is 5.75 Å².